The minimum atomic E-state index is -0.0659. The summed E-state index contributed by atoms with van der Waals surface area (Å²) >= 11 is 6.26. The van der Waals surface area contributed by atoms with Crippen molar-refractivity contribution in [2.75, 3.05) is 22.9 Å². The summed E-state index contributed by atoms with van der Waals surface area (Å²) < 4.78 is 1.65. The fourth-order valence-corrected chi connectivity index (χ4v) is 3.45. The van der Waals surface area contributed by atoms with Gasteiger partial charge in [0.15, 0.2) is 4.34 Å². The molecule has 0 saturated carbocycles. The smallest absolute Gasteiger partial charge is 0.234 e. The van der Waals surface area contributed by atoms with Crippen LogP contribution in [-0.4, -0.2) is 28.4 Å². The van der Waals surface area contributed by atoms with Gasteiger partial charge in [-0.1, -0.05) is 49.1 Å². The molecular weight excluding hydrogens is 384 g/mol. The topological polar surface area (TPSA) is 66.9 Å². The molecule has 0 unspecified atom stereocenters. The lowest BCUT2D eigenvalue weighted by Gasteiger charge is -2.05. The number of halogens is 1. The predicted octanol–water partition coefficient (Wildman–Crippen LogP) is 4.10. The van der Waals surface area contributed by atoms with Gasteiger partial charge < -0.3 is 10.6 Å². The standard InChI is InChI=1S/C14H17BrN4OS2/c1-9(2)7-16-13-18-19-14(22-13)21-8-12(20)17-11-6-4-3-5-10(11)15/h3-6,9H,7-8H2,1-2H3,(H,16,18)(H,17,20). The van der Waals surface area contributed by atoms with Crippen molar-refractivity contribution < 1.29 is 4.79 Å². The van der Waals surface area contributed by atoms with Crippen LogP contribution in [0.3, 0.4) is 0 Å². The number of carbonyl (C=O) groups excluding carboxylic acids is 1. The van der Waals surface area contributed by atoms with E-state index in [0.29, 0.717) is 11.7 Å². The summed E-state index contributed by atoms with van der Waals surface area (Å²) in [5.74, 6) is 0.791. The Hall–Kier alpha value is -1.12. The predicted molar refractivity (Wildman–Crippen MR) is 96.7 cm³/mol. The minimum Gasteiger partial charge on any atom is -0.360 e. The first-order valence-electron chi connectivity index (χ1n) is 6.79. The normalized spacial score (nSPS) is 10.7. The van der Waals surface area contributed by atoms with Gasteiger partial charge >= 0.3 is 0 Å². The van der Waals surface area contributed by atoms with Crippen LogP contribution < -0.4 is 10.6 Å². The van der Waals surface area contributed by atoms with Gasteiger partial charge in [-0.3, -0.25) is 4.79 Å². The van der Waals surface area contributed by atoms with Gasteiger partial charge in [0, 0.05) is 11.0 Å². The first-order chi connectivity index (χ1) is 10.5. The Balaban J connectivity index is 1.80. The van der Waals surface area contributed by atoms with E-state index in [1.165, 1.54) is 23.1 Å². The number of amides is 1. The molecule has 0 fully saturated rings. The molecule has 1 aromatic heterocycles. The zero-order valence-corrected chi connectivity index (χ0v) is 15.5. The Bertz CT molecular complexity index is 633. The molecule has 0 spiro atoms. The van der Waals surface area contributed by atoms with Crippen LogP contribution in [0.25, 0.3) is 0 Å². The number of hydrogen-bond donors (Lipinski definition) is 2. The molecule has 0 radical (unpaired) electrons. The first-order valence-corrected chi connectivity index (χ1v) is 9.38. The Morgan fingerprint density at radius 2 is 2.14 bits per heavy atom. The largest absolute Gasteiger partial charge is 0.360 e. The molecule has 2 rings (SSSR count). The number of thioether (sulfide) groups is 1. The highest BCUT2D eigenvalue weighted by atomic mass is 79.9. The zero-order valence-electron chi connectivity index (χ0n) is 12.3. The maximum absolute atomic E-state index is 11.9. The van der Waals surface area contributed by atoms with Crippen molar-refractivity contribution in [2.24, 2.45) is 5.92 Å². The number of rotatable bonds is 7. The second-order valence-corrected chi connectivity index (χ2v) is 8.02. The number of carbonyl (C=O) groups is 1. The van der Waals surface area contributed by atoms with Gasteiger partial charge in [0.2, 0.25) is 11.0 Å². The third-order valence-corrected chi connectivity index (χ3v) is 5.25. The van der Waals surface area contributed by atoms with Gasteiger partial charge in [-0.2, -0.15) is 0 Å². The van der Waals surface area contributed by atoms with E-state index in [1.807, 2.05) is 24.3 Å². The molecule has 1 aromatic carbocycles. The maximum Gasteiger partial charge on any atom is 0.234 e. The number of nitrogens with one attached hydrogen (secondary N) is 2. The van der Waals surface area contributed by atoms with Crippen LogP contribution in [-0.2, 0) is 4.79 Å². The van der Waals surface area contributed by atoms with Crippen LogP contribution in [0.4, 0.5) is 10.8 Å². The van der Waals surface area contributed by atoms with Crippen molar-refractivity contribution in [3.8, 4) is 0 Å². The molecular formula is C14H17BrN4OS2. The van der Waals surface area contributed by atoms with E-state index in [0.717, 1.165) is 26.2 Å². The van der Waals surface area contributed by atoms with Crippen LogP contribution in [0.15, 0.2) is 33.1 Å². The lowest BCUT2D eigenvalue weighted by atomic mass is 10.2. The Kier molecular flexibility index (Phi) is 6.66. The molecule has 0 bridgehead atoms. The molecule has 1 heterocycles. The third kappa shape index (κ3) is 5.58. The van der Waals surface area contributed by atoms with Gasteiger partial charge in [-0.25, -0.2) is 0 Å². The third-order valence-electron chi connectivity index (χ3n) is 2.54. The lowest BCUT2D eigenvalue weighted by Crippen LogP contribution is -2.14. The van der Waals surface area contributed by atoms with Crippen molar-refractivity contribution >= 4 is 55.8 Å². The van der Waals surface area contributed by atoms with E-state index in [9.17, 15) is 4.79 Å². The monoisotopic (exact) mass is 400 g/mol. The molecule has 1 amide bonds. The van der Waals surface area contributed by atoms with Crippen molar-refractivity contribution in [1.29, 1.82) is 0 Å². The van der Waals surface area contributed by atoms with E-state index in [-0.39, 0.29) is 5.91 Å². The molecule has 8 heteroatoms. The van der Waals surface area contributed by atoms with Crippen molar-refractivity contribution in [3.05, 3.63) is 28.7 Å². The molecule has 2 N–H and O–H groups in total. The number of anilines is 2. The van der Waals surface area contributed by atoms with Crippen molar-refractivity contribution in [2.45, 2.75) is 18.2 Å². The van der Waals surface area contributed by atoms with Gasteiger partial charge in [-0.05, 0) is 34.0 Å². The number of aromatic nitrogens is 2. The van der Waals surface area contributed by atoms with Crippen molar-refractivity contribution in [1.82, 2.24) is 10.2 Å². The highest BCUT2D eigenvalue weighted by Gasteiger charge is 2.09. The summed E-state index contributed by atoms with van der Waals surface area (Å²) in [6.45, 7) is 5.13. The fourth-order valence-electron chi connectivity index (χ4n) is 1.51. The zero-order chi connectivity index (χ0) is 15.9. The Morgan fingerprint density at radius 1 is 1.36 bits per heavy atom. The Morgan fingerprint density at radius 3 is 2.86 bits per heavy atom. The summed E-state index contributed by atoms with van der Waals surface area (Å²) in [7, 11) is 0. The number of para-hydroxylation sites is 1. The summed E-state index contributed by atoms with van der Waals surface area (Å²) in [6, 6.07) is 7.53. The lowest BCUT2D eigenvalue weighted by molar-refractivity contribution is -0.113. The van der Waals surface area contributed by atoms with Gasteiger partial charge in [-0.15, -0.1) is 10.2 Å². The molecule has 0 atom stereocenters. The molecule has 5 nitrogen and oxygen atoms in total. The summed E-state index contributed by atoms with van der Waals surface area (Å²) in [6.07, 6.45) is 0. The number of hydrogen-bond acceptors (Lipinski definition) is 6. The molecule has 0 aliphatic heterocycles. The molecule has 0 aliphatic rings. The SMILES string of the molecule is CC(C)CNc1nnc(SCC(=O)Nc2ccccc2Br)s1. The van der Waals surface area contributed by atoms with Crippen LogP contribution in [0, 0.1) is 5.92 Å². The minimum absolute atomic E-state index is 0.0659. The highest BCUT2D eigenvalue weighted by Crippen LogP contribution is 2.26. The van der Waals surface area contributed by atoms with E-state index in [2.05, 4.69) is 50.6 Å². The number of nitrogens with zero attached hydrogens (tertiary/aromatic N) is 2. The van der Waals surface area contributed by atoms with E-state index in [4.69, 9.17) is 0 Å². The molecule has 2 aromatic rings. The summed E-state index contributed by atoms with van der Waals surface area (Å²) in [5.41, 5.74) is 0.768. The van der Waals surface area contributed by atoms with Crippen LogP contribution >= 0.6 is 39.0 Å². The molecule has 0 aliphatic carbocycles. The van der Waals surface area contributed by atoms with Crippen LogP contribution in [0.2, 0.25) is 0 Å². The van der Waals surface area contributed by atoms with Crippen LogP contribution in [0.1, 0.15) is 13.8 Å². The fraction of sp³-hybridized carbons (Fsp3) is 0.357. The van der Waals surface area contributed by atoms with Gasteiger partial charge in [0.25, 0.3) is 0 Å². The van der Waals surface area contributed by atoms with E-state index >= 15 is 0 Å². The number of benzene rings is 1. The molecule has 118 valence electrons. The average molecular weight is 401 g/mol. The van der Waals surface area contributed by atoms with E-state index in [1.54, 1.807) is 0 Å². The molecule has 0 saturated heterocycles. The maximum atomic E-state index is 11.9. The summed E-state index contributed by atoms with van der Waals surface area (Å²) in [4.78, 5) is 11.9. The summed E-state index contributed by atoms with van der Waals surface area (Å²) in [5, 5.41) is 15.0. The van der Waals surface area contributed by atoms with E-state index < -0.39 is 0 Å². The van der Waals surface area contributed by atoms with Gasteiger partial charge in [0.05, 0.1) is 11.4 Å². The highest BCUT2D eigenvalue weighted by molar-refractivity contribution is 9.10. The Labute approximate surface area is 146 Å². The quantitative estimate of drug-likeness (QED) is 0.684. The second-order valence-electron chi connectivity index (χ2n) is 4.96. The van der Waals surface area contributed by atoms with Crippen LogP contribution in [0.5, 0.6) is 0 Å². The van der Waals surface area contributed by atoms with Crippen molar-refractivity contribution in [3.63, 3.8) is 0 Å². The average Bonchev–Trinajstić information content (AvgIpc) is 2.93. The van der Waals surface area contributed by atoms with Gasteiger partial charge in [0.1, 0.15) is 0 Å². The second kappa shape index (κ2) is 8.50. The first kappa shape index (κ1) is 17.2. The molecule has 22 heavy (non-hydrogen) atoms.